The zero-order chi connectivity index (χ0) is 17.3. The summed E-state index contributed by atoms with van der Waals surface area (Å²) in [4.78, 5) is 14.3. The third kappa shape index (κ3) is 4.48. The largest absolute Gasteiger partial charge is 0.443 e. The first kappa shape index (κ1) is 18.3. The van der Waals surface area contributed by atoms with E-state index in [0.717, 1.165) is 16.5 Å². The normalized spacial score (nSPS) is 23.6. The summed E-state index contributed by atoms with van der Waals surface area (Å²) in [7, 11) is 0. The van der Waals surface area contributed by atoms with Crippen molar-refractivity contribution < 1.29 is 14.6 Å². The molecule has 1 saturated heterocycles. The lowest BCUT2D eigenvalue weighted by Crippen LogP contribution is -2.52. The Morgan fingerprint density at radius 2 is 2.00 bits per heavy atom. The lowest BCUT2D eigenvalue weighted by molar-refractivity contribution is -0.0977. The molecular weight excluding hydrogens is 358 g/mol. The molecule has 1 aliphatic rings. The number of nitrogens with zero attached hydrogens (tertiary/aromatic N) is 1. The van der Waals surface area contributed by atoms with Gasteiger partial charge in [0, 0.05) is 23.9 Å². The van der Waals surface area contributed by atoms with Crippen LogP contribution in [-0.2, 0) is 4.74 Å². The van der Waals surface area contributed by atoms with Crippen LogP contribution in [-0.4, -0.2) is 33.8 Å². The van der Waals surface area contributed by atoms with E-state index in [4.69, 9.17) is 4.74 Å². The van der Waals surface area contributed by atoms with E-state index in [2.05, 4.69) is 15.9 Å². The van der Waals surface area contributed by atoms with Crippen LogP contribution in [0.1, 0.15) is 58.6 Å². The second-order valence-corrected chi connectivity index (χ2v) is 7.98. The molecule has 1 fully saturated rings. The molecule has 0 aromatic heterocycles. The highest BCUT2D eigenvalue weighted by Crippen LogP contribution is 2.37. The van der Waals surface area contributed by atoms with E-state index in [1.54, 1.807) is 18.7 Å². The summed E-state index contributed by atoms with van der Waals surface area (Å²) in [5.74, 6) is 0. The van der Waals surface area contributed by atoms with Gasteiger partial charge in [-0.25, -0.2) is 4.79 Å². The molecule has 1 aliphatic heterocycles. The third-order valence-corrected chi connectivity index (χ3v) is 5.09. The van der Waals surface area contributed by atoms with E-state index < -0.39 is 11.2 Å². The van der Waals surface area contributed by atoms with Crippen molar-refractivity contribution in [1.82, 2.24) is 4.90 Å². The Labute approximate surface area is 147 Å². The Morgan fingerprint density at radius 1 is 1.39 bits per heavy atom. The molecule has 0 spiro atoms. The smallest absolute Gasteiger partial charge is 0.410 e. The summed E-state index contributed by atoms with van der Waals surface area (Å²) in [6, 6.07) is 7.95. The van der Waals surface area contributed by atoms with Gasteiger partial charge in [0.25, 0.3) is 0 Å². The summed E-state index contributed by atoms with van der Waals surface area (Å²) in [6.07, 6.45) is 1.62. The molecule has 1 aromatic carbocycles. The number of hydrogen-bond acceptors (Lipinski definition) is 3. The molecule has 2 atom stereocenters. The van der Waals surface area contributed by atoms with Crippen LogP contribution >= 0.6 is 15.9 Å². The number of benzene rings is 1. The van der Waals surface area contributed by atoms with Crippen LogP contribution in [0.15, 0.2) is 28.7 Å². The molecule has 4 nitrogen and oxygen atoms in total. The Morgan fingerprint density at radius 3 is 2.48 bits per heavy atom. The first-order valence-corrected chi connectivity index (χ1v) is 8.92. The zero-order valence-corrected chi connectivity index (χ0v) is 15.9. The fraction of sp³-hybridized carbons (Fsp3) is 0.611. The zero-order valence-electron chi connectivity index (χ0n) is 14.3. The van der Waals surface area contributed by atoms with Gasteiger partial charge in [-0.2, -0.15) is 0 Å². The lowest BCUT2D eigenvalue weighted by atomic mass is 9.83. The summed E-state index contributed by atoms with van der Waals surface area (Å²) in [5.41, 5.74) is -0.335. The Hall–Kier alpha value is -1.07. The van der Waals surface area contributed by atoms with Crippen LogP contribution in [0.2, 0.25) is 0 Å². The van der Waals surface area contributed by atoms with Crippen LogP contribution in [0.25, 0.3) is 0 Å². The second kappa shape index (κ2) is 6.81. The van der Waals surface area contributed by atoms with E-state index in [1.165, 1.54) is 0 Å². The Balaban J connectivity index is 2.11. The number of halogens is 1. The molecule has 128 valence electrons. The van der Waals surface area contributed by atoms with Crippen LogP contribution in [0, 0.1) is 0 Å². The van der Waals surface area contributed by atoms with Gasteiger partial charge in [0.2, 0.25) is 0 Å². The van der Waals surface area contributed by atoms with Crippen LogP contribution in [0.3, 0.4) is 0 Å². The molecule has 2 rings (SSSR count). The average Bonchev–Trinajstić information content (AvgIpc) is 2.46. The lowest BCUT2D eigenvalue weighted by Gasteiger charge is -2.44. The molecule has 0 radical (unpaired) electrons. The molecule has 23 heavy (non-hydrogen) atoms. The highest BCUT2D eigenvalue weighted by molar-refractivity contribution is 9.10. The fourth-order valence-electron chi connectivity index (χ4n) is 3.27. The Bertz CT molecular complexity index is 552. The van der Waals surface area contributed by atoms with Gasteiger partial charge in [-0.1, -0.05) is 35.0 Å². The summed E-state index contributed by atoms with van der Waals surface area (Å²) < 4.78 is 6.81. The molecule has 0 aliphatic carbocycles. The molecule has 1 N–H and O–H groups in total. The molecule has 0 saturated carbocycles. The van der Waals surface area contributed by atoms with Crippen molar-refractivity contribution in [2.45, 2.75) is 64.2 Å². The Kier molecular flexibility index (Phi) is 5.41. The molecule has 1 amide bonds. The number of amides is 1. The second-order valence-electron chi connectivity index (χ2n) is 7.06. The van der Waals surface area contributed by atoms with E-state index in [0.29, 0.717) is 19.4 Å². The topological polar surface area (TPSA) is 49.8 Å². The minimum absolute atomic E-state index is 0.0346. The number of aliphatic hydroxyl groups is 1. The monoisotopic (exact) mass is 383 g/mol. The van der Waals surface area contributed by atoms with Crippen molar-refractivity contribution in [3.63, 3.8) is 0 Å². The molecule has 5 heteroatoms. The number of hydrogen-bond donors (Lipinski definition) is 1. The first-order valence-electron chi connectivity index (χ1n) is 8.13. The number of carbonyl (C=O) groups excluding carboxylic acids is 1. The fourth-order valence-corrected chi connectivity index (χ4v) is 3.53. The van der Waals surface area contributed by atoms with Crippen molar-refractivity contribution in [3.05, 3.63) is 34.3 Å². The van der Waals surface area contributed by atoms with Crippen LogP contribution in [0.5, 0.6) is 0 Å². The highest BCUT2D eigenvalue weighted by Gasteiger charge is 2.43. The molecule has 0 bridgehead atoms. The molecule has 0 unspecified atom stereocenters. The number of cyclic esters (lactones) is 1. The van der Waals surface area contributed by atoms with Crippen molar-refractivity contribution in [2.75, 3.05) is 6.54 Å². The van der Waals surface area contributed by atoms with Crippen molar-refractivity contribution in [3.8, 4) is 0 Å². The predicted octanol–water partition coefficient (Wildman–Crippen LogP) is 4.66. The van der Waals surface area contributed by atoms with Gasteiger partial charge < -0.3 is 14.7 Å². The predicted molar refractivity (Wildman–Crippen MR) is 94.3 cm³/mol. The van der Waals surface area contributed by atoms with Gasteiger partial charge in [0.05, 0.1) is 11.6 Å². The van der Waals surface area contributed by atoms with E-state index in [9.17, 15) is 9.90 Å². The van der Waals surface area contributed by atoms with Gasteiger partial charge in [-0.15, -0.1) is 0 Å². The third-order valence-electron chi connectivity index (χ3n) is 4.57. The molecular formula is C18H26BrNO3. The van der Waals surface area contributed by atoms with Crippen molar-refractivity contribution in [1.29, 1.82) is 0 Å². The van der Waals surface area contributed by atoms with E-state index in [-0.39, 0.29) is 12.1 Å². The first-order chi connectivity index (χ1) is 10.7. The maximum atomic E-state index is 12.5. The summed E-state index contributed by atoms with van der Waals surface area (Å²) in [6.45, 7) is 8.18. The molecule has 1 heterocycles. The van der Waals surface area contributed by atoms with Crippen LogP contribution in [0.4, 0.5) is 4.79 Å². The maximum Gasteiger partial charge on any atom is 0.410 e. The number of carbonyl (C=O) groups is 1. The summed E-state index contributed by atoms with van der Waals surface area (Å²) in [5, 5.41) is 10.1. The van der Waals surface area contributed by atoms with Gasteiger partial charge >= 0.3 is 6.09 Å². The van der Waals surface area contributed by atoms with Crippen molar-refractivity contribution >= 4 is 22.0 Å². The number of ether oxygens (including phenoxy) is 1. The minimum Gasteiger partial charge on any atom is -0.443 e. The SMILES string of the molecule is CC[C@@]1(CC(C)(C)O)CCN([C@@H](C)c2ccc(Br)cc2)C(=O)O1. The quantitative estimate of drug-likeness (QED) is 0.803. The minimum atomic E-state index is -0.851. The van der Waals surface area contributed by atoms with E-state index >= 15 is 0 Å². The standard InChI is InChI=1S/C18H26BrNO3/c1-5-18(12-17(3,4)22)10-11-20(16(21)23-18)13(2)14-6-8-15(19)9-7-14/h6-9,13,22H,5,10-12H2,1-4H3/t13-,18-/m0/s1. The van der Waals surface area contributed by atoms with Gasteiger partial charge in [0.15, 0.2) is 0 Å². The maximum absolute atomic E-state index is 12.5. The van der Waals surface area contributed by atoms with E-state index in [1.807, 2.05) is 38.1 Å². The van der Waals surface area contributed by atoms with Gasteiger partial charge in [-0.05, 0) is 44.9 Å². The van der Waals surface area contributed by atoms with Gasteiger partial charge in [-0.3, -0.25) is 0 Å². The molecule has 1 aromatic rings. The van der Waals surface area contributed by atoms with Gasteiger partial charge in [0.1, 0.15) is 5.60 Å². The van der Waals surface area contributed by atoms with Crippen LogP contribution < -0.4 is 0 Å². The summed E-state index contributed by atoms with van der Waals surface area (Å²) >= 11 is 3.43. The number of rotatable bonds is 5. The van der Waals surface area contributed by atoms with Crippen molar-refractivity contribution in [2.24, 2.45) is 0 Å². The highest BCUT2D eigenvalue weighted by atomic mass is 79.9. The average molecular weight is 384 g/mol.